The molecule has 33 heavy (non-hydrogen) atoms. The fourth-order valence-corrected chi connectivity index (χ4v) is 3.19. The fourth-order valence-electron chi connectivity index (χ4n) is 3.19. The number of ketones is 1. The predicted octanol–water partition coefficient (Wildman–Crippen LogP) is 5.03. The smallest absolute Gasteiger partial charge is 0.358 e. The first-order valence-corrected chi connectivity index (χ1v) is 10.5. The number of Topliss-reactive ketones (excluding diaryl/α,β-unsaturated/α-hetero) is 1. The van der Waals surface area contributed by atoms with Crippen molar-refractivity contribution in [2.45, 2.75) is 6.92 Å². The van der Waals surface area contributed by atoms with Crippen molar-refractivity contribution in [1.82, 2.24) is 4.90 Å². The first-order chi connectivity index (χ1) is 15.9. The average Bonchev–Trinajstić information content (AvgIpc) is 2.83. The van der Waals surface area contributed by atoms with Crippen LogP contribution >= 0.6 is 0 Å². The highest BCUT2D eigenvalue weighted by Crippen LogP contribution is 2.23. The zero-order chi connectivity index (χ0) is 23.8. The lowest BCUT2D eigenvalue weighted by Crippen LogP contribution is -2.13. The van der Waals surface area contributed by atoms with Gasteiger partial charge in [0.1, 0.15) is 5.76 Å². The van der Waals surface area contributed by atoms with Gasteiger partial charge in [0.05, 0.1) is 12.2 Å². The van der Waals surface area contributed by atoms with E-state index in [1.807, 2.05) is 30.3 Å². The summed E-state index contributed by atoms with van der Waals surface area (Å²) in [6, 6.07) is 21.8. The summed E-state index contributed by atoms with van der Waals surface area (Å²) in [4.78, 5) is 31.5. The van der Waals surface area contributed by atoms with Gasteiger partial charge in [0.2, 0.25) is 0 Å². The van der Waals surface area contributed by atoms with Gasteiger partial charge in [0.15, 0.2) is 11.5 Å². The molecule has 0 spiro atoms. The van der Waals surface area contributed by atoms with E-state index >= 15 is 0 Å². The second-order valence-corrected chi connectivity index (χ2v) is 7.48. The molecule has 168 valence electrons. The van der Waals surface area contributed by atoms with Crippen LogP contribution in [-0.4, -0.2) is 48.7 Å². The van der Waals surface area contributed by atoms with Crippen molar-refractivity contribution >= 4 is 34.5 Å². The maximum absolute atomic E-state index is 13.3. The lowest BCUT2D eigenvalue weighted by atomic mass is 9.98. The third-order valence-corrected chi connectivity index (χ3v) is 4.76. The zero-order valence-corrected chi connectivity index (χ0v) is 18.9. The number of rotatable bonds is 8. The van der Waals surface area contributed by atoms with Crippen LogP contribution in [0.15, 0.2) is 95.3 Å². The Balaban J connectivity index is 2.13. The van der Waals surface area contributed by atoms with E-state index in [9.17, 15) is 14.7 Å². The number of aliphatic imine (C=N–C) groups is 1. The lowest BCUT2D eigenvalue weighted by molar-refractivity contribution is -0.138. The number of aliphatic hydroxyl groups excluding tert-OH is 1. The van der Waals surface area contributed by atoms with Crippen LogP contribution in [0, 0.1) is 0 Å². The van der Waals surface area contributed by atoms with Crippen LogP contribution in [0.2, 0.25) is 0 Å². The first kappa shape index (κ1) is 23.5. The van der Waals surface area contributed by atoms with E-state index in [0.717, 1.165) is 10.8 Å². The second-order valence-electron chi connectivity index (χ2n) is 7.48. The van der Waals surface area contributed by atoms with E-state index in [-0.39, 0.29) is 23.6 Å². The van der Waals surface area contributed by atoms with Crippen LogP contribution in [0.3, 0.4) is 0 Å². The van der Waals surface area contributed by atoms with E-state index in [2.05, 4.69) is 4.99 Å². The molecule has 0 radical (unpaired) electrons. The first-order valence-electron chi connectivity index (χ1n) is 10.5. The number of hydrogen-bond donors (Lipinski definition) is 1. The number of carbonyl (C=O) groups excluding carboxylic acids is 2. The molecule has 3 aromatic rings. The number of ether oxygens (including phenoxy) is 1. The van der Waals surface area contributed by atoms with Crippen LogP contribution < -0.4 is 0 Å². The second kappa shape index (κ2) is 10.9. The van der Waals surface area contributed by atoms with Gasteiger partial charge in [-0.3, -0.25) is 4.79 Å². The van der Waals surface area contributed by atoms with Crippen molar-refractivity contribution < 1.29 is 19.4 Å². The highest BCUT2D eigenvalue weighted by molar-refractivity contribution is 6.25. The third-order valence-electron chi connectivity index (χ3n) is 4.76. The number of carbonyl (C=O) groups is 2. The van der Waals surface area contributed by atoms with Crippen LogP contribution in [0.1, 0.15) is 22.8 Å². The number of hydrogen-bond acceptors (Lipinski definition) is 6. The fraction of sp³-hybridized carbons (Fsp3) is 0.148. The van der Waals surface area contributed by atoms with E-state index in [1.54, 1.807) is 68.4 Å². The van der Waals surface area contributed by atoms with Gasteiger partial charge in [0.25, 0.3) is 0 Å². The molecule has 0 saturated heterocycles. The largest absolute Gasteiger partial charge is 0.506 e. The molecule has 0 aliphatic heterocycles. The summed E-state index contributed by atoms with van der Waals surface area (Å²) in [5.41, 5.74) is 0.825. The van der Waals surface area contributed by atoms with Gasteiger partial charge in [-0.15, -0.1) is 0 Å². The van der Waals surface area contributed by atoms with Gasteiger partial charge >= 0.3 is 5.97 Å². The molecule has 3 aromatic carbocycles. The molecule has 1 N–H and O–H groups in total. The van der Waals surface area contributed by atoms with E-state index in [0.29, 0.717) is 11.1 Å². The molecule has 0 saturated carbocycles. The van der Waals surface area contributed by atoms with Crippen molar-refractivity contribution in [3.05, 3.63) is 101 Å². The molecule has 0 amide bonds. The van der Waals surface area contributed by atoms with Gasteiger partial charge in [-0.2, -0.15) is 0 Å². The minimum Gasteiger partial charge on any atom is -0.506 e. The molecule has 6 heteroatoms. The van der Waals surface area contributed by atoms with Crippen molar-refractivity contribution in [2.24, 2.45) is 4.99 Å². The minimum atomic E-state index is -0.626. The van der Waals surface area contributed by atoms with Crippen LogP contribution in [0.4, 0.5) is 0 Å². The normalized spacial score (nSPS) is 12.5. The van der Waals surface area contributed by atoms with Crippen LogP contribution in [0.5, 0.6) is 0 Å². The Labute approximate surface area is 193 Å². The summed E-state index contributed by atoms with van der Waals surface area (Å²) in [5.74, 6) is -1.27. The summed E-state index contributed by atoms with van der Waals surface area (Å²) in [7, 11) is 3.49. The Kier molecular flexibility index (Phi) is 7.76. The Morgan fingerprint density at radius 1 is 0.939 bits per heavy atom. The highest BCUT2D eigenvalue weighted by Gasteiger charge is 2.18. The SMILES string of the molecule is CCOC(=O)C(=C/N(C)C)/N=C/C(C(=O)c1ccccc1)=C(/O)c1ccc2ccccc2c1. The van der Waals surface area contributed by atoms with Gasteiger partial charge in [-0.1, -0.05) is 66.7 Å². The number of nitrogens with zero attached hydrogens (tertiary/aromatic N) is 2. The number of fused-ring (bicyclic) bond motifs is 1. The van der Waals surface area contributed by atoms with E-state index in [1.165, 1.54) is 12.4 Å². The van der Waals surface area contributed by atoms with Crippen molar-refractivity contribution in [1.29, 1.82) is 0 Å². The van der Waals surface area contributed by atoms with E-state index < -0.39 is 11.8 Å². The summed E-state index contributed by atoms with van der Waals surface area (Å²) < 4.78 is 5.06. The van der Waals surface area contributed by atoms with Gasteiger partial charge < -0.3 is 14.7 Å². The molecule has 0 aromatic heterocycles. The molecule has 0 fully saturated rings. The summed E-state index contributed by atoms with van der Waals surface area (Å²) >= 11 is 0. The van der Waals surface area contributed by atoms with Crippen molar-refractivity contribution in [2.75, 3.05) is 20.7 Å². The molecule has 0 unspecified atom stereocenters. The van der Waals surface area contributed by atoms with Gasteiger partial charge in [-0.25, -0.2) is 9.79 Å². The number of benzene rings is 3. The summed E-state index contributed by atoms with van der Waals surface area (Å²) in [5, 5.41) is 13.1. The van der Waals surface area contributed by atoms with Gasteiger partial charge in [0, 0.05) is 37.6 Å². The molecule has 0 aliphatic carbocycles. The molecular formula is C27H26N2O4. The number of aliphatic hydroxyl groups is 1. The average molecular weight is 443 g/mol. The Bertz CT molecular complexity index is 1240. The van der Waals surface area contributed by atoms with Crippen LogP contribution in [-0.2, 0) is 9.53 Å². The maximum atomic E-state index is 13.3. The number of esters is 1. The molecule has 0 aliphatic rings. The topological polar surface area (TPSA) is 79.2 Å². The maximum Gasteiger partial charge on any atom is 0.358 e. The molecule has 6 nitrogen and oxygen atoms in total. The monoisotopic (exact) mass is 442 g/mol. The Hall–Kier alpha value is -4.19. The molecule has 0 atom stereocenters. The molecule has 3 rings (SSSR count). The van der Waals surface area contributed by atoms with Gasteiger partial charge in [-0.05, 0) is 23.8 Å². The van der Waals surface area contributed by atoms with Crippen LogP contribution in [0.25, 0.3) is 16.5 Å². The Morgan fingerprint density at radius 3 is 2.27 bits per heavy atom. The molecule has 0 bridgehead atoms. The standard InChI is InChI=1S/C27H26N2O4/c1-4-33-27(32)24(18-29(2)3)28-17-23(25(30)20-11-6-5-7-12-20)26(31)22-15-14-19-10-8-9-13-21(19)16-22/h5-18,31H,4H2,1-3H3/b24-18-,26-23-,28-17+. The summed E-state index contributed by atoms with van der Waals surface area (Å²) in [6.07, 6.45) is 2.71. The number of allylic oxidation sites excluding steroid dienone is 1. The predicted molar refractivity (Wildman–Crippen MR) is 131 cm³/mol. The third kappa shape index (κ3) is 5.95. The van der Waals surface area contributed by atoms with E-state index in [4.69, 9.17) is 4.74 Å². The lowest BCUT2D eigenvalue weighted by Gasteiger charge is -2.10. The quantitative estimate of drug-likeness (QED) is 0.174. The minimum absolute atomic E-state index is 0.00604. The molecule has 0 heterocycles. The Morgan fingerprint density at radius 2 is 1.61 bits per heavy atom. The molecular weight excluding hydrogens is 416 g/mol. The zero-order valence-electron chi connectivity index (χ0n) is 18.9. The van der Waals surface area contributed by atoms with Crippen molar-refractivity contribution in [3.8, 4) is 0 Å². The summed E-state index contributed by atoms with van der Waals surface area (Å²) in [6.45, 7) is 1.89. The highest BCUT2D eigenvalue weighted by atomic mass is 16.5. The van der Waals surface area contributed by atoms with Crippen molar-refractivity contribution in [3.63, 3.8) is 0 Å².